The van der Waals surface area contributed by atoms with E-state index in [1.54, 1.807) is 13.0 Å². The monoisotopic (exact) mass is 326 g/mol. The average molecular weight is 326 g/mol. The van der Waals surface area contributed by atoms with Gasteiger partial charge in [-0.25, -0.2) is 4.68 Å². The maximum absolute atomic E-state index is 12.7. The fraction of sp³-hybridized carbons (Fsp3) is 0.389. The summed E-state index contributed by atoms with van der Waals surface area (Å²) in [7, 11) is 0. The number of hydrogen-bond donors (Lipinski definition) is 0. The van der Waals surface area contributed by atoms with Gasteiger partial charge in [0, 0.05) is 37.9 Å². The van der Waals surface area contributed by atoms with E-state index in [0.29, 0.717) is 13.1 Å². The van der Waals surface area contributed by atoms with Gasteiger partial charge in [-0.15, -0.1) is 0 Å². The molecule has 1 atom stereocenters. The fourth-order valence-corrected chi connectivity index (χ4v) is 2.99. The summed E-state index contributed by atoms with van der Waals surface area (Å²) in [6, 6.07) is 12.7. The molecule has 126 valence electrons. The molecule has 6 heteroatoms. The summed E-state index contributed by atoms with van der Waals surface area (Å²) in [4.78, 5) is 28.8. The molecule has 0 saturated carbocycles. The number of nitrogens with zero attached hydrogens (tertiary/aromatic N) is 4. The zero-order valence-corrected chi connectivity index (χ0v) is 14.1. The van der Waals surface area contributed by atoms with Gasteiger partial charge in [-0.05, 0) is 32.0 Å². The number of piperazine rings is 1. The highest BCUT2D eigenvalue weighted by Gasteiger charge is 2.27. The second-order valence-electron chi connectivity index (χ2n) is 6.08. The molecule has 1 amide bonds. The van der Waals surface area contributed by atoms with E-state index in [0.717, 1.165) is 18.8 Å². The summed E-state index contributed by atoms with van der Waals surface area (Å²) in [6.07, 6.45) is 0. The molecule has 1 aromatic carbocycles. The first-order valence-corrected chi connectivity index (χ1v) is 8.21. The number of rotatable bonds is 3. The molecule has 2 heterocycles. The molecule has 2 aromatic rings. The first kappa shape index (κ1) is 16.2. The molecule has 1 aliphatic heterocycles. The number of hydrogen-bond acceptors (Lipinski definition) is 4. The van der Waals surface area contributed by atoms with Crippen molar-refractivity contribution >= 4 is 11.6 Å². The highest BCUT2D eigenvalue weighted by atomic mass is 16.2. The van der Waals surface area contributed by atoms with Crippen LogP contribution < -0.4 is 10.5 Å². The highest BCUT2D eigenvalue weighted by Crippen LogP contribution is 2.17. The minimum atomic E-state index is -0.583. The van der Waals surface area contributed by atoms with Crippen molar-refractivity contribution in [2.75, 3.05) is 31.1 Å². The van der Waals surface area contributed by atoms with Gasteiger partial charge >= 0.3 is 0 Å². The van der Waals surface area contributed by atoms with Crippen molar-refractivity contribution < 1.29 is 4.79 Å². The van der Waals surface area contributed by atoms with E-state index in [1.165, 1.54) is 16.4 Å². The SMILES string of the molecule is Cc1ccc(=O)n([C@H](C)C(=O)N2CCN(c3ccccc3)CC2)n1. The number of para-hydroxylation sites is 1. The maximum atomic E-state index is 12.7. The number of carbonyl (C=O) groups is 1. The second kappa shape index (κ2) is 6.86. The van der Waals surface area contributed by atoms with Gasteiger partial charge in [0.25, 0.3) is 5.56 Å². The quantitative estimate of drug-likeness (QED) is 0.857. The normalized spacial score (nSPS) is 16.1. The van der Waals surface area contributed by atoms with Crippen molar-refractivity contribution in [3.8, 4) is 0 Å². The van der Waals surface area contributed by atoms with Crippen molar-refractivity contribution in [1.82, 2.24) is 14.7 Å². The van der Waals surface area contributed by atoms with E-state index >= 15 is 0 Å². The lowest BCUT2D eigenvalue weighted by molar-refractivity contribution is -0.135. The van der Waals surface area contributed by atoms with Crippen LogP contribution in [0.1, 0.15) is 18.7 Å². The number of aromatic nitrogens is 2. The number of aryl methyl sites for hydroxylation is 1. The topological polar surface area (TPSA) is 58.4 Å². The van der Waals surface area contributed by atoms with Crippen molar-refractivity contribution in [2.24, 2.45) is 0 Å². The lowest BCUT2D eigenvalue weighted by Gasteiger charge is -2.37. The van der Waals surface area contributed by atoms with Crippen LogP contribution in [-0.4, -0.2) is 46.8 Å². The van der Waals surface area contributed by atoms with Crippen LogP contribution in [0.25, 0.3) is 0 Å². The van der Waals surface area contributed by atoms with Crippen LogP contribution in [-0.2, 0) is 4.79 Å². The van der Waals surface area contributed by atoms with E-state index in [1.807, 2.05) is 30.0 Å². The summed E-state index contributed by atoms with van der Waals surface area (Å²) in [5.74, 6) is -0.0529. The molecule has 1 aliphatic rings. The van der Waals surface area contributed by atoms with Gasteiger partial charge < -0.3 is 9.80 Å². The first-order valence-electron chi connectivity index (χ1n) is 8.21. The van der Waals surface area contributed by atoms with Crippen molar-refractivity contribution in [3.63, 3.8) is 0 Å². The Hall–Kier alpha value is -2.63. The van der Waals surface area contributed by atoms with Crippen LogP contribution in [0.15, 0.2) is 47.3 Å². The van der Waals surface area contributed by atoms with Crippen LogP contribution in [0.5, 0.6) is 0 Å². The fourth-order valence-electron chi connectivity index (χ4n) is 2.99. The van der Waals surface area contributed by atoms with Crippen LogP contribution in [0, 0.1) is 6.92 Å². The lowest BCUT2D eigenvalue weighted by atomic mass is 10.2. The summed E-state index contributed by atoms with van der Waals surface area (Å²) in [5.41, 5.74) is 1.65. The summed E-state index contributed by atoms with van der Waals surface area (Å²) < 4.78 is 1.28. The Labute approximate surface area is 141 Å². The molecule has 1 saturated heterocycles. The van der Waals surface area contributed by atoms with Crippen LogP contribution in [0.3, 0.4) is 0 Å². The minimum absolute atomic E-state index is 0.0529. The van der Waals surface area contributed by atoms with Crippen molar-refractivity contribution in [2.45, 2.75) is 19.9 Å². The Morgan fingerprint density at radius 2 is 1.71 bits per heavy atom. The van der Waals surface area contributed by atoms with Gasteiger partial charge in [-0.1, -0.05) is 18.2 Å². The predicted octanol–water partition coefficient (Wildman–Crippen LogP) is 1.46. The van der Waals surface area contributed by atoms with E-state index in [9.17, 15) is 9.59 Å². The number of carbonyl (C=O) groups excluding carboxylic acids is 1. The van der Waals surface area contributed by atoms with Gasteiger partial charge in [0.05, 0.1) is 5.69 Å². The van der Waals surface area contributed by atoms with Crippen LogP contribution >= 0.6 is 0 Å². The zero-order valence-electron chi connectivity index (χ0n) is 14.1. The van der Waals surface area contributed by atoms with Crippen LogP contribution in [0.2, 0.25) is 0 Å². The molecule has 3 rings (SSSR count). The minimum Gasteiger partial charge on any atom is -0.368 e. The maximum Gasteiger partial charge on any atom is 0.267 e. The van der Waals surface area contributed by atoms with Gasteiger partial charge in [0.1, 0.15) is 6.04 Å². The molecule has 0 unspecified atom stereocenters. The lowest BCUT2D eigenvalue weighted by Crippen LogP contribution is -2.51. The highest BCUT2D eigenvalue weighted by molar-refractivity contribution is 5.80. The van der Waals surface area contributed by atoms with Crippen LogP contribution in [0.4, 0.5) is 5.69 Å². The third kappa shape index (κ3) is 3.32. The molecule has 0 aliphatic carbocycles. The molecule has 0 radical (unpaired) electrons. The van der Waals surface area contributed by atoms with E-state index in [2.05, 4.69) is 22.1 Å². The Morgan fingerprint density at radius 3 is 2.38 bits per heavy atom. The molecular formula is C18H22N4O2. The summed E-state index contributed by atoms with van der Waals surface area (Å²) in [6.45, 7) is 6.43. The molecule has 24 heavy (non-hydrogen) atoms. The Kier molecular flexibility index (Phi) is 4.64. The van der Waals surface area contributed by atoms with Crippen molar-refractivity contribution in [3.05, 3.63) is 58.5 Å². The number of anilines is 1. The molecule has 1 aromatic heterocycles. The summed E-state index contributed by atoms with van der Waals surface area (Å²) in [5, 5.41) is 4.20. The molecule has 1 fully saturated rings. The zero-order chi connectivity index (χ0) is 17.1. The van der Waals surface area contributed by atoms with Crippen molar-refractivity contribution in [1.29, 1.82) is 0 Å². The average Bonchev–Trinajstić information content (AvgIpc) is 2.63. The van der Waals surface area contributed by atoms with Gasteiger partial charge in [0.2, 0.25) is 5.91 Å². The largest absolute Gasteiger partial charge is 0.368 e. The smallest absolute Gasteiger partial charge is 0.267 e. The van der Waals surface area contributed by atoms with E-state index < -0.39 is 6.04 Å². The molecule has 0 spiro atoms. The predicted molar refractivity (Wildman–Crippen MR) is 93.2 cm³/mol. The van der Waals surface area contributed by atoms with E-state index in [4.69, 9.17) is 0 Å². The number of amides is 1. The Bertz CT molecular complexity index is 764. The first-order chi connectivity index (χ1) is 11.6. The molecule has 0 N–H and O–H groups in total. The van der Waals surface area contributed by atoms with E-state index in [-0.39, 0.29) is 11.5 Å². The second-order valence-corrected chi connectivity index (χ2v) is 6.08. The Balaban J connectivity index is 1.67. The Morgan fingerprint density at radius 1 is 1.04 bits per heavy atom. The third-order valence-corrected chi connectivity index (χ3v) is 4.40. The standard InChI is InChI=1S/C18H22N4O2/c1-14-8-9-17(23)22(19-14)15(2)18(24)21-12-10-20(11-13-21)16-6-4-3-5-7-16/h3-9,15H,10-13H2,1-2H3/t15-/m1/s1. The van der Waals surface area contributed by atoms with Gasteiger partial charge in [-0.2, -0.15) is 5.10 Å². The molecule has 0 bridgehead atoms. The summed E-state index contributed by atoms with van der Waals surface area (Å²) >= 11 is 0. The van der Waals surface area contributed by atoms with Gasteiger partial charge in [0.15, 0.2) is 0 Å². The molecular weight excluding hydrogens is 304 g/mol. The number of benzene rings is 1. The third-order valence-electron chi connectivity index (χ3n) is 4.40. The van der Waals surface area contributed by atoms with Gasteiger partial charge in [-0.3, -0.25) is 9.59 Å². The molecule has 6 nitrogen and oxygen atoms in total.